The predicted molar refractivity (Wildman–Crippen MR) is 236 cm³/mol. The van der Waals surface area contributed by atoms with Crippen LogP contribution in [0.5, 0.6) is 0 Å². The van der Waals surface area contributed by atoms with Crippen molar-refractivity contribution in [3.63, 3.8) is 0 Å². The summed E-state index contributed by atoms with van der Waals surface area (Å²) < 4.78 is 34.3. The molecule has 0 bridgehead atoms. The van der Waals surface area contributed by atoms with Crippen molar-refractivity contribution in [2.24, 2.45) is 11.8 Å². The number of phosphoric acid groups is 1. The second-order valence-corrected chi connectivity index (χ2v) is 19.2. The van der Waals surface area contributed by atoms with E-state index in [2.05, 4.69) is 13.8 Å². The highest BCUT2D eigenvalue weighted by molar-refractivity contribution is 7.47. The molecule has 0 heterocycles. The van der Waals surface area contributed by atoms with Gasteiger partial charge in [0.25, 0.3) is 0 Å². The second-order valence-electron chi connectivity index (χ2n) is 17.8. The van der Waals surface area contributed by atoms with Crippen LogP contribution in [-0.2, 0) is 32.7 Å². The molecular formula is C46H87NO11P+. The zero-order valence-corrected chi connectivity index (χ0v) is 38.7. The van der Waals surface area contributed by atoms with E-state index in [9.17, 15) is 34.4 Å². The molecule has 0 radical (unpaired) electrons. The van der Waals surface area contributed by atoms with E-state index >= 15 is 0 Å². The van der Waals surface area contributed by atoms with Crippen LogP contribution in [0, 0.1) is 11.8 Å². The lowest BCUT2D eigenvalue weighted by Gasteiger charge is -2.24. The van der Waals surface area contributed by atoms with Crippen molar-refractivity contribution >= 4 is 19.8 Å². The van der Waals surface area contributed by atoms with Gasteiger partial charge in [0.15, 0.2) is 6.10 Å². The smallest absolute Gasteiger partial charge is 0.462 e. The van der Waals surface area contributed by atoms with Crippen molar-refractivity contribution < 1.29 is 57.4 Å². The van der Waals surface area contributed by atoms with Crippen molar-refractivity contribution in [2.75, 3.05) is 47.5 Å². The molecule has 1 aliphatic carbocycles. The van der Waals surface area contributed by atoms with Crippen molar-refractivity contribution in [3.8, 4) is 0 Å². The summed E-state index contributed by atoms with van der Waals surface area (Å²) in [5, 5.41) is 31.4. The number of esters is 2. The summed E-state index contributed by atoms with van der Waals surface area (Å²) >= 11 is 0. The fourth-order valence-corrected chi connectivity index (χ4v) is 8.04. The molecule has 13 heteroatoms. The number of nitrogens with zero attached hydrogens (tertiary/aromatic N) is 1. The molecule has 7 atom stereocenters. The molecule has 0 aromatic carbocycles. The Labute approximate surface area is 358 Å². The number of phosphoric ester groups is 1. The van der Waals surface area contributed by atoms with Crippen LogP contribution >= 0.6 is 7.82 Å². The quantitative estimate of drug-likeness (QED) is 0.0153. The Morgan fingerprint density at radius 3 is 1.88 bits per heavy atom. The van der Waals surface area contributed by atoms with Gasteiger partial charge in [0.05, 0.1) is 46.1 Å². The Morgan fingerprint density at radius 1 is 0.729 bits per heavy atom. The van der Waals surface area contributed by atoms with Crippen LogP contribution in [0.4, 0.5) is 0 Å². The Hall–Kier alpha value is -1.63. The van der Waals surface area contributed by atoms with Gasteiger partial charge in [-0.05, 0) is 38.0 Å². The predicted octanol–water partition coefficient (Wildman–Crippen LogP) is 9.51. The minimum Gasteiger partial charge on any atom is -0.462 e. The first-order chi connectivity index (χ1) is 28.2. The first-order valence-corrected chi connectivity index (χ1v) is 24.8. The molecule has 1 rings (SSSR count). The lowest BCUT2D eigenvalue weighted by molar-refractivity contribution is -0.870. The van der Waals surface area contributed by atoms with Gasteiger partial charge in [-0.1, -0.05) is 147 Å². The number of hydrogen-bond donors (Lipinski definition) is 4. The van der Waals surface area contributed by atoms with Crippen LogP contribution < -0.4 is 0 Å². The Morgan fingerprint density at radius 2 is 1.29 bits per heavy atom. The summed E-state index contributed by atoms with van der Waals surface area (Å²) in [7, 11) is 1.33. The molecule has 1 saturated carbocycles. The molecule has 4 N–H and O–H groups in total. The minimum absolute atomic E-state index is 0.0105. The van der Waals surface area contributed by atoms with Crippen LogP contribution in [-0.4, -0.2) is 109 Å². The molecule has 1 unspecified atom stereocenters. The van der Waals surface area contributed by atoms with E-state index < -0.39 is 50.8 Å². The third-order valence-corrected chi connectivity index (χ3v) is 12.0. The standard InChI is InChI=1S/C46H86NO11P/c1-6-8-10-11-12-13-14-15-16-17-18-19-20-21-26-30-45(51)55-37-40(38-57-59(53,54)56-35-34-47(3,4)5)58-46(52)31-27-23-22-25-29-41-42(44(50)36-43(41)49)33-32-39(48)28-24-9-7-2/h22,25,32-33,39-44,48-50H,6-21,23-24,26-31,34-38H2,1-5H3/p+1/b25-22-,33-32+/t39-,40+,41-,42+,43-,44+/m0/s1. The zero-order chi connectivity index (χ0) is 43.8. The summed E-state index contributed by atoms with van der Waals surface area (Å²) in [6.07, 6.45) is 28.9. The number of allylic oxidation sites excluding steroid dienone is 2. The van der Waals surface area contributed by atoms with Gasteiger partial charge in [-0.25, -0.2) is 4.57 Å². The number of likely N-dealkylation sites (N-methyl/N-ethyl adjacent to an activating group) is 1. The zero-order valence-electron chi connectivity index (χ0n) is 37.8. The average Bonchev–Trinajstić information content (AvgIpc) is 3.44. The third kappa shape index (κ3) is 31.0. The average molecular weight is 861 g/mol. The topological polar surface area (TPSA) is 169 Å². The number of rotatable bonds is 38. The fourth-order valence-electron chi connectivity index (χ4n) is 7.30. The van der Waals surface area contributed by atoms with E-state index in [1.807, 2.05) is 39.4 Å². The van der Waals surface area contributed by atoms with Crippen molar-refractivity contribution in [1.82, 2.24) is 0 Å². The molecular weight excluding hydrogens is 773 g/mol. The van der Waals surface area contributed by atoms with Gasteiger partial charge >= 0.3 is 19.8 Å². The van der Waals surface area contributed by atoms with Gasteiger partial charge in [-0.3, -0.25) is 18.6 Å². The van der Waals surface area contributed by atoms with Gasteiger partial charge in [-0.15, -0.1) is 0 Å². The normalized spacial score (nSPS) is 20.6. The van der Waals surface area contributed by atoms with E-state index in [4.69, 9.17) is 18.5 Å². The lowest BCUT2D eigenvalue weighted by atomic mass is 9.89. The van der Waals surface area contributed by atoms with Gasteiger partial charge in [0.1, 0.15) is 19.8 Å². The Balaban J connectivity index is 2.49. The van der Waals surface area contributed by atoms with Crippen LogP contribution in [0.15, 0.2) is 24.3 Å². The van der Waals surface area contributed by atoms with Crippen LogP contribution in [0.2, 0.25) is 0 Å². The molecule has 0 amide bonds. The van der Waals surface area contributed by atoms with Gasteiger partial charge < -0.3 is 34.2 Å². The number of carbonyl (C=O) groups is 2. The summed E-state index contributed by atoms with van der Waals surface area (Å²) in [5.74, 6) is -1.40. The minimum atomic E-state index is -4.44. The number of quaternary nitrogens is 1. The summed E-state index contributed by atoms with van der Waals surface area (Å²) in [6.45, 7) is 4.05. The van der Waals surface area contributed by atoms with Gasteiger partial charge in [0, 0.05) is 25.2 Å². The molecule has 0 aliphatic heterocycles. The fraction of sp³-hybridized carbons (Fsp3) is 0.870. The summed E-state index contributed by atoms with van der Waals surface area (Å²) in [6, 6.07) is 0. The molecule has 0 saturated heterocycles. The molecule has 0 spiro atoms. The monoisotopic (exact) mass is 861 g/mol. The molecule has 1 fully saturated rings. The van der Waals surface area contributed by atoms with E-state index in [1.54, 1.807) is 6.08 Å². The second kappa shape index (κ2) is 33.9. The van der Waals surface area contributed by atoms with E-state index in [-0.39, 0.29) is 37.9 Å². The third-order valence-electron chi connectivity index (χ3n) is 11.1. The number of ether oxygens (including phenoxy) is 2. The summed E-state index contributed by atoms with van der Waals surface area (Å²) in [5.41, 5.74) is 0. The number of aliphatic hydroxyl groups excluding tert-OH is 3. The number of hydrogen-bond acceptors (Lipinski definition) is 10. The van der Waals surface area contributed by atoms with E-state index in [1.165, 1.54) is 70.6 Å². The Bertz CT molecular complexity index is 1180. The highest BCUT2D eigenvalue weighted by Gasteiger charge is 2.39. The van der Waals surface area contributed by atoms with E-state index in [0.717, 1.165) is 38.5 Å². The van der Waals surface area contributed by atoms with Gasteiger partial charge in [0.2, 0.25) is 0 Å². The molecule has 59 heavy (non-hydrogen) atoms. The Kier molecular flexibility index (Phi) is 31.9. The first-order valence-electron chi connectivity index (χ1n) is 23.3. The SMILES string of the molecule is CCCCCCCCCCCCCCCCCC(=O)OC[C@H](COP(=O)(O)OCC[N+](C)(C)C)OC(=O)CCC/C=C\C[C@H]1[C@@H](/C=C/[C@@H](O)CCCCC)[C@H](O)C[C@@H]1O. The lowest BCUT2D eigenvalue weighted by Crippen LogP contribution is -2.37. The van der Waals surface area contributed by atoms with Crippen LogP contribution in [0.25, 0.3) is 0 Å². The summed E-state index contributed by atoms with van der Waals surface area (Å²) in [4.78, 5) is 35.6. The maximum atomic E-state index is 12.8. The maximum absolute atomic E-state index is 12.8. The van der Waals surface area contributed by atoms with Crippen molar-refractivity contribution in [2.45, 2.75) is 199 Å². The molecule has 12 nitrogen and oxygen atoms in total. The van der Waals surface area contributed by atoms with Crippen molar-refractivity contribution in [3.05, 3.63) is 24.3 Å². The van der Waals surface area contributed by atoms with Gasteiger partial charge in [-0.2, -0.15) is 0 Å². The first kappa shape index (κ1) is 55.4. The highest BCUT2D eigenvalue weighted by Crippen LogP contribution is 2.43. The number of unbranched alkanes of at least 4 members (excludes halogenated alkanes) is 17. The molecule has 1 aliphatic rings. The molecule has 0 aromatic rings. The van der Waals surface area contributed by atoms with Crippen molar-refractivity contribution in [1.29, 1.82) is 0 Å². The number of aliphatic hydroxyl groups is 3. The molecule has 346 valence electrons. The molecule has 0 aromatic heterocycles. The number of carbonyl (C=O) groups excluding carboxylic acids is 2. The van der Waals surface area contributed by atoms with Crippen LogP contribution in [0.1, 0.15) is 174 Å². The maximum Gasteiger partial charge on any atom is 0.472 e. The van der Waals surface area contributed by atoms with E-state index in [0.29, 0.717) is 49.6 Å². The van der Waals surface area contributed by atoms with Crippen LogP contribution in [0.3, 0.4) is 0 Å². The largest absolute Gasteiger partial charge is 0.472 e. The highest BCUT2D eigenvalue weighted by atomic mass is 31.2.